The number of guanidine groups is 1. The van der Waals surface area contributed by atoms with Crippen molar-refractivity contribution in [2.75, 3.05) is 77.5 Å². The first kappa shape index (κ1) is 25.5. The van der Waals surface area contributed by atoms with E-state index in [1.54, 1.807) is 0 Å². The van der Waals surface area contributed by atoms with Crippen LogP contribution in [0.2, 0.25) is 5.02 Å². The topological polar surface area (TPSA) is 43.3 Å². The van der Waals surface area contributed by atoms with E-state index in [-0.39, 0.29) is 24.0 Å². The van der Waals surface area contributed by atoms with Gasteiger partial charge in [-0.15, -0.1) is 24.0 Å². The molecule has 0 aliphatic carbocycles. The van der Waals surface area contributed by atoms with Gasteiger partial charge in [-0.3, -0.25) is 9.89 Å². The Hall–Kier alpha value is -0.770. The van der Waals surface area contributed by atoms with Crippen LogP contribution in [-0.4, -0.2) is 88.4 Å². The average Bonchev–Trinajstić information content (AvgIpc) is 3.21. The van der Waals surface area contributed by atoms with Crippen molar-refractivity contribution < 1.29 is 4.74 Å². The molecule has 3 rings (SSSR count). The summed E-state index contributed by atoms with van der Waals surface area (Å²) >= 11 is 6.13. The van der Waals surface area contributed by atoms with Gasteiger partial charge in [0.25, 0.3) is 0 Å². The number of likely N-dealkylation sites (tertiary alicyclic amines) is 1. The van der Waals surface area contributed by atoms with E-state index < -0.39 is 0 Å². The maximum absolute atomic E-state index is 6.13. The number of nitrogens with one attached hydrogen (secondary N) is 1. The molecular weight excluding hydrogens is 513 g/mol. The van der Waals surface area contributed by atoms with Crippen molar-refractivity contribution in [2.45, 2.75) is 19.8 Å². The molecule has 2 saturated heterocycles. The van der Waals surface area contributed by atoms with E-state index in [0.29, 0.717) is 5.92 Å². The maximum Gasteiger partial charge on any atom is 0.193 e. The van der Waals surface area contributed by atoms with E-state index in [9.17, 15) is 0 Å². The van der Waals surface area contributed by atoms with Crippen LogP contribution < -0.4 is 10.2 Å². The van der Waals surface area contributed by atoms with Gasteiger partial charge in [0.2, 0.25) is 0 Å². The van der Waals surface area contributed by atoms with Gasteiger partial charge in [-0.25, -0.2) is 0 Å². The lowest BCUT2D eigenvalue weighted by Gasteiger charge is -2.36. The van der Waals surface area contributed by atoms with Crippen LogP contribution in [-0.2, 0) is 4.74 Å². The lowest BCUT2D eigenvalue weighted by Crippen LogP contribution is -2.47. The molecule has 1 N–H and O–H groups in total. The normalized spacial score (nSPS) is 20.4. The van der Waals surface area contributed by atoms with E-state index in [1.165, 1.54) is 12.1 Å². The SMILES string of the molecule is CCOCC1CCN(C(=NC)NCCCN2CCN(c3cccc(Cl)c3)CC2)C1.I. The monoisotopic (exact) mass is 549 g/mol. The summed E-state index contributed by atoms with van der Waals surface area (Å²) in [6.45, 7) is 12.3. The number of hydrogen-bond acceptors (Lipinski definition) is 4. The summed E-state index contributed by atoms with van der Waals surface area (Å²) in [7, 11) is 1.88. The lowest BCUT2D eigenvalue weighted by atomic mass is 10.1. The van der Waals surface area contributed by atoms with Crippen LogP contribution in [0.3, 0.4) is 0 Å². The fourth-order valence-electron chi connectivity index (χ4n) is 4.18. The Morgan fingerprint density at radius 2 is 2.03 bits per heavy atom. The van der Waals surface area contributed by atoms with Gasteiger partial charge < -0.3 is 19.9 Å². The summed E-state index contributed by atoms with van der Waals surface area (Å²) in [6, 6.07) is 8.17. The summed E-state index contributed by atoms with van der Waals surface area (Å²) in [5.74, 6) is 1.67. The van der Waals surface area contributed by atoms with Gasteiger partial charge in [0.15, 0.2) is 5.96 Å². The molecule has 2 heterocycles. The second kappa shape index (κ2) is 13.6. The van der Waals surface area contributed by atoms with Crippen LogP contribution in [0.4, 0.5) is 5.69 Å². The molecule has 0 saturated carbocycles. The zero-order chi connectivity index (χ0) is 20.5. The number of aliphatic imine (C=N–C) groups is 1. The van der Waals surface area contributed by atoms with Gasteiger partial charge in [0.05, 0.1) is 6.61 Å². The van der Waals surface area contributed by atoms with Gasteiger partial charge in [-0.2, -0.15) is 0 Å². The number of benzene rings is 1. The molecule has 0 spiro atoms. The van der Waals surface area contributed by atoms with Crippen molar-refractivity contribution in [1.82, 2.24) is 15.1 Å². The minimum absolute atomic E-state index is 0. The highest BCUT2D eigenvalue weighted by Crippen LogP contribution is 2.21. The summed E-state index contributed by atoms with van der Waals surface area (Å²) in [6.07, 6.45) is 2.32. The van der Waals surface area contributed by atoms with Gasteiger partial charge in [-0.1, -0.05) is 17.7 Å². The molecule has 2 aliphatic rings. The molecular formula is C22H37ClIN5O. The number of piperazine rings is 1. The number of halogens is 2. The minimum atomic E-state index is 0. The summed E-state index contributed by atoms with van der Waals surface area (Å²) in [5.41, 5.74) is 1.23. The van der Waals surface area contributed by atoms with Gasteiger partial charge >= 0.3 is 0 Å². The molecule has 0 amide bonds. The Labute approximate surface area is 204 Å². The van der Waals surface area contributed by atoms with E-state index in [0.717, 1.165) is 83.0 Å². The third-order valence-corrected chi connectivity index (χ3v) is 6.07. The van der Waals surface area contributed by atoms with E-state index >= 15 is 0 Å². The average molecular weight is 550 g/mol. The predicted molar refractivity (Wildman–Crippen MR) is 138 cm³/mol. The molecule has 6 nitrogen and oxygen atoms in total. The van der Waals surface area contributed by atoms with E-state index in [2.05, 4.69) is 44.1 Å². The third-order valence-electron chi connectivity index (χ3n) is 5.83. The zero-order valence-electron chi connectivity index (χ0n) is 18.4. The Bertz CT molecular complexity index is 654. The summed E-state index contributed by atoms with van der Waals surface area (Å²) in [4.78, 5) is 11.8. The van der Waals surface area contributed by atoms with Crippen LogP contribution in [0.25, 0.3) is 0 Å². The van der Waals surface area contributed by atoms with Crippen LogP contribution in [0.15, 0.2) is 29.3 Å². The lowest BCUT2D eigenvalue weighted by molar-refractivity contribution is 0.114. The first-order valence-electron chi connectivity index (χ1n) is 11.0. The van der Waals surface area contributed by atoms with Crippen molar-refractivity contribution in [3.05, 3.63) is 29.3 Å². The first-order valence-corrected chi connectivity index (χ1v) is 11.3. The van der Waals surface area contributed by atoms with Gasteiger partial charge in [0.1, 0.15) is 0 Å². The fraction of sp³-hybridized carbons (Fsp3) is 0.682. The number of rotatable bonds is 8. The van der Waals surface area contributed by atoms with Crippen molar-refractivity contribution in [3.8, 4) is 0 Å². The second-order valence-corrected chi connectivity index (χ2v) is 8.33. The minimum Gasteiger partial charge on any atom is -0.381 e. The molecule has 0 bridgehead atoms. The van der Waals surface area contributed by atoms with Gasteiger partial charge in [0, 0.05) is 76.1 Å². The van der Waals surface area contributed by atoms with Crippen LogP contribution in [0.5, 0.6) is 0 Å². The highest BCUT2D eigenvalue weighted by molar-refractivity contribution is 14.0. The van der Waals surface area contributed by atoms with E-state index in [1.807, 2.05) is 19.2 Å². The highest BCUT2D eigenvalue weighted by Gasteiger charge is 2.24. The van der Waals surface area contributed by atoms with Crippen LogP contribution in [0.1, 0.15) is 19.8 Å². The van der Waals surface area contributed by atoms with E-state index in [4.69, 9.17) is 16.3 Å². The molecule has 1 aromatic carbocycles. The molecule has 1 aromatic rings. The van der Waals surface area contributed by atoms with Crippen LogP contribution >= 0.6 is 35.6 Å². The van der Waals surface area contributed by atoms with Crippen molar-refractivity contribution in [3.63, 3.8) is 0 Å². The quantitative estimate of drug-likeness (QED) is 0.233. The molecule has 170 valence electrons. The predicted octanol–water partition coefficient (Wildman–Crippen LogP) is 3.40. The first-order chi connectivity index (χ1) is 14.2. The second-order valence-electron chi connectivity index (χ2n) is 7.90. The molecule has 8 heteroatoms. The molecule has 1 atom stereocenters. The smallest absolute Gasteiger partial charge is 0.193 e. The highest BCUT2D eigenvalue weighted by atomic mass is 127. The fourth-order valence-corrected chi connectivity index (χ4v) is 4.37. The molecule has 0 aromatic heterocycles. The maximum atomic E-state index is 6.13. The Balaban J connectivity index is 0.00000320. The molecule has 1 unspecified atom stereocenters. The van der Waals surface area contributed by atoms with Crippen LogP contribution in [0, 0.1) is 5.92 Å². The Kier molecular flexibility index (Phi) is 11.6. The third kappa shape index (κ3) is 7.73. The van der Waals surface area contributed by atoms with Crippen molar-refractivity contribution in [1.29, 1.82) is 0 Å². The van der Waals surface area contributed by atoms with Crippen molar-refractivity contribution in [2.24, 2.45) is 10.9 Å². The Morgan fingerprint density at radius 1 is 1.23 bits per heavy atom. The number of nitrogens with zero attached hydrogens (tertiary/aromatic N) is 4. The standard InChI is InChI=1S/C22H36ClN5O.HI/c1-3-29-18-19-8-11-28(17-19)22(24-2)25-9-5-10-26-12-14-27(15-13-26)21-7-4-6-20(23)16-21;/h4,6-7,16,19H,3,5,8-15,17-18H2,1-2H3,(H,24,25);1H. The zero-order valence-corrected chi connectivity index (χ0v) is 21.4. The Morgan fingerprint density at radius 3 is 2.73 bits per heavy atom. The largest absolute Gasteiger partial charge is 0.381 e. The summed E-state index contributed by atoms with van der Waals surface area (Å²) < 4.78 is 5.58. The number of ether oxygens (including phenoxy) is 1. The molecule has 2 aliphatic heterocycles. The molecule has 2 fully saturated rings. The molecule has 30 heavy (non-hydrogen) atoms. The van der Waals surface area contributed by atoms with Crippen molar-refractivity contribution >= 4 is 47.2 Å². The molecule has 0 radical (unpaired) electrons. The number of anilines is 1. The summed E-state index contributed by atoms with van der Waals surface area (Å²) in [5, 5.41) is 4.36. The number of hydrogen-bond donors (Lipinski definition) is 1. The van der Waals surface area contributed by atoms with Gasteiger partial charge in [-0.05, 0) is 44.5 Å².